The Kier molecular flexibility index (Phi) is 4.38. The fourth-order valence-electron chi connectivity index (χ4n) is 3.06. The highest BCUT2D eigenvalue weighted by atomic mass is 32.2. The van der Waals surface area contributed by atoms with Gasteiger partial charge in [0.25, 0.3) is 0 Å². The van der Waals surface area contributed by atoms with E-state index in [9.17, 15) is 4.39 Å². The van der Waals surface area contributed by atoms with E-state index in [4.69, 9.17) is 0 Å². The van der Waals surface area contributed by atoms with Gasteiger partial charge in [-0.2, -0.15) is 4.68 Å². The third-order valence-electron chi connectivity index (χ3n) is 4.36. The molecule has 5 aromatic rings. The normalized spacial score (nSPS) is 11.2. The van der Waals surface area contributed by atoms with Crippen LogP contribution in [0.3, 0.4) is 0 Å². The SMILES string of the molecule is Fc1ccc(-c2csc3cccc(Sc4nnnn4-c4ccccc4)c23)cc1. The average Bonchev–Trinajstić information content (AvgIpc) is 3.37. The van der Waals surface area contributed by atoms with Gasteiger partial charge >= 0.3 is 0 Å². The van der Waals surface area contributed by atoms with Gasteiger partial charge in [0.1, 0.15) is 5.82 Å². The fourth-order valence-corrected chi connectivity index (χ4v) is 5.08. The quantitative estimate of drug-likeness (QED) is 0.378. The lowest BCUT2D eigenvalue weighted by atomic mass is 10.0. The van der Waals surface area contributed by atoms with E-state index in [1.54, 1.807) is 16.0 Å². The molecule has 0 aliphatic heterocycles. The van der Waals surface area contributed by atoms with Gasteiger partial charge in [0.2, 0.25) is 5.16 Å². The van der Waals surface area contributed by atoms with E-state index >= 15 is 0 Å². The Morgan fingerprint density at radius 1 is 0.893 bits per heavy atom. The van der Waals surface area contributed by atoms with Crippen LogP contribution >= 0.6 is 23.1 Å². The molecule has 0 aliphatic rings. The van der Waals surface area contributed by atoms with Crippen LogP contribution in [0.25, 0.3) is 26.9 Å². The number of fused-ring (bicyclic) bond motifs is 1. The first kappa shape index (κ1) is 17.1. The van der Waals surface area contributed by atoms with Crippen LogP contribution < -0.4 is 0 Å². The Hall–Kier alpha value is -3.03. The number of nitrogens with zero attached hydrogens (tertiary/aromatic N) is 4. The molecule has 4 nitrogen and oxygen atoms in total. The average molecular weight is 404 g/mol. The lowest BCUT2D eigenvalue weighted by Gasteiger charge is -2.07. The molecule has 7 heteroatoms. The van der Waals surface area contributed by atoms with Crippen LogP contribution in [0.15, 0.2) is 88.2 Å². The van der Waals surface area contributed by atoms with Crippen molar-refractivity contribution in [3.8, 4) is 16.8 Å². The predicted molar refractivity (Wildman–Crippen MR) is 110 cm³/mol. The molecule has 2 aromatic heterocycles. The molecule has 0 spiro atoms. The number of halogens is 1. The molecule has 0 amide bonds. The third kappa shape index (κ3) is 3.08. The molecule has 0 radical (unpaired) electrons. The van der Waals surface area contributed by atoms with Crippen LogP contribution in [0.4, 0.5) is 4.39 Å². The molecule has 0 N–H and O–H groups in total. The number of hydrogen-bond donors (Lipinski definition) is 0. The summed E-state index contributed by atoms with van der Waals surface area (Å²) in [6, 6.07) is 22.6. The van der Waals surface area contributed by atoms with Gasteiger partial charge < -0.3 is 0 Å². The number of benzene rings is 3. The van der Waals surface area contributed by atoms with E-state index in [2.05, 4.69) is 33.0 Å². The van der Waals surface area contributed by atoms with Crippen molar-refractivity contribution in [2.45, 2.75) is 10.1 Å². The molecule has 28 heavy (non-hydrogen) atoms. The zero-order chi connectivity index (χ0) is 18.9. The van der Waals surface area contributed by atoms with Crippen LogP contribution in [0, 0.1) is 5.82 Å². The molecule has 0 atom stereocenters. The van der Waals surface area contributed by atoms with Crippen molar-refractivity contribution in [1.82, 2.24) is 20.2 Å². The standard InChI is InChI=1S/C21H13FN4S2/c22-15-11-9-14(10-12-15)17-13-27-18-7-4-8-19(20(17)18)28-21-23-24-25-26(21)16-5-2-1-3-6-16/h1-13H. The summed E-state index contributed by atoms with van der Waals surface area (Å²) in [5, 5.41) is 16.1. The Bertz CT molecular complexity index is 1250. The van der Waals surface area contributed by atoms with Crippen LogP contribution in [-0.4, -0.2) is 20.2 Å². The van der Waals surface area contributed by atoms with Gasteiger partial charge in [0.05, 0.1) is 5.69 Å². The molecule has 0 unspecified atom stereocenters. The zero-order valence-corrected chi connectivity index (χ0v) is 16.1. The molecule has 0 fully saturated rings. The molecule has 136 valence electrons. The molecule has 0 aliphatic carbocycles. The molecular weight excluding hydrogens is 391 g/mol. The van der Waals surface area contributed by atoms with Gasteiger partial charge in [0, 0.05) is 20.5 Å². The highest BCUT2D eigenvalue weighted by Crippen LogP contribution is 2.41. The number of para-hydroxylation sites is 1. The monoisotopic (exact) mass is 404 g/mol. The summed E-state index contributed by atoms with van der Waals surface area (Å²) >= 11 is 3.20. The van der Waals surface area contributed by atoms with Crippen molar-refractivity contribution in [2.75, 3.05) is 0 Å². The van der Waals surface area contributed by atoms with Gasteiger partial charge in [-0.05, 0) is 69.5 Å². The molecule has 0 saturated carbocycles. The second kappa shape index (κ2) is 7.18. The number of thiophene rings is 1. The van der Waals surface area contributed by atoms with Crippen molar-refractivity contribution >= 4 is 33.2 Å². The van der Waals surface area contributed by atoms with Crippen molar-refractivity contribution in [2.24, 2.45) is 0 Å². The first-order valence-corrected chi connectivity index (χ1v) is 10.3. The number of aromatic nitrogens is 4. The van der Waals surface area contributed by atoms with Gasteiger partial charge in [-0.15, -0.1) is 16.4 Å². The number of tetrazole rings is 1. The van der Waals surface area contributed by atoms with Crippen molar-refractivity contribution < 1.29 is 4.39 Å². The third-order valence-corrected chi connectivity index (χ3v) is 6.30. The lowest BCUT2D eigenvalue weighted by Crippen LogP contribution is -1.98. The van der Waals surface area contributed by atoms with E-state index in [-0.39, 0.29) is 5.82 Å². The smallest absolute Gasteiger partial charge is 0.207 e. The molecule has 0 bridgehead atoms. The molecular formula is C21H13FN4S2. The maximum Gasteiger partial charge on any atom is 0.218 e. The minimum atomic E-state index is -0.236. The van der Waals surface area contributed by atoms with Crippen molar-refractivity contribution in [3.63, 3.8) is 0 Å². The van der Waals surface area contributed by atoms with E-state index in [1.807, 2.05) is 48.5 Å². The second-order valence-corrected chi connectivity index (χ2v) is 8.02. The largest absolute Gasteiger partial charge is 0.218 e. The van der Waals surface area contributed by atoms with Gasteiger partial charge in [-0.1, -0.05) is 36.4 Å². The van der Waals surface area contributed by atoms with Gasteiger partial charge in [-0.3, -0.25) is 0 Å². The Balaban J connectivity index is 1.61. The summed E-state index contributed by atoms with van der Waals surface area (Å²) in [5.74, 6) is -0.236. The number of hydrogen-bond acceptors (Lipinski definition) is 5. The molecule has 3 aromatic carbocycles. The van der Waals surface area contributed by atoms with Crippen LogP contribution in [-0.2, 0) is 0 Å². The Labute approximate surface area is 168 Å². The highest BCUT2D eigenvalue weighted by Gasteiger charge is 2.15. The van der Waals surface area contributed by atoms with Crippen molar-refractivity contribution in [1.29, 1.82) is 0 Å². The first-order chi connectivity index (χ1) is 13.8. The minimum absolute atomic E-state index is 0.236. The molecule has 5 rings (SSSR count). The summed E-state index contributed by atoms with van der Waals surface area (Å²) in [6.07, 6.45) is 0. The highest BCUT2D eigenvalue weighted by molar-refractivity contribution is 7.99. The minimum Gasteiger partial charge on any atom is -0.207 e. The van der Waals surface area contributed by atoms with Crippen LogP contribution in [0.1, 0.15) is 0 Å². The lowest BCUT2D eigenvalue weighted by molar-refractivity contribution is 0.628. The molecule has 0 saturated heterocycles. The van der Waals surface area contributed by atoms with E-state index in [0.29, 0.717) is 5.16 Å². The maximum atomic E-state index is 13.4. The topological polar surface area (TPSA) is 43.6 Å². The molecule has 2 heterocycles. The zero-order valence-electron chi connectivity index (χ0n) is 14.5. The summed E-state index contributed by atoms with van der Waals surface area (Å²) in [5.41, 5.74) is 2.98. The van der Waals surface area contributed by atoms with Gasteiger partial charge in [-0.25, -0.2) is 4.39 Å². The summed E-state index contributed by atoms with van der Waals surface area (Å²) in [7, 11) is 0. The van der Waals surface area contributed by atoms with E-state index in [0.717, 1.165) is 27.1 Å². The van der Waals surface area contributed by atoms with Crippen LogP contribution in [0.5, 0.6) is 0 Å². The Morgan fingerprint density at radius 3 is 2.54 bits per heavy atom. The van der Waals surface area contributed by atoms with Crippen LogP contribution in [0.2, 0.25) is 0 Å². The van der Waals surface area contributed by atoms with Crippen molar-refractivity contribution in [3.05, 3.63) is 84.0 Å². The fraction of sp³-hybridized carbons (Fsp3) is 0. The first-order valence-electron chi connectivity index (χ1n) is 8.57. The van der Waals surface area contributed by atoms with E-state index < -0.39 is 0 Å². The van der Waals surface area contributed by atoms with E-state index in [1.165, 1.54) is 28.6 Å². The van der Waals surface area contributed by atoms with Gasteiger partial charge in [0.15, 0.2) is 0 Å². The summed E-state index contributed by atoms with van der Waals surface area (Å²) in [4.78, 5) is 1.06. The number of rotatable bonds is 4. The predicted octanol–water partition coefficient (Wildman–Crippen LogP) is 5.83. The summed E-state index contributed by atoms with van der Waals surface area (Å²) in [6.45, 7) is 0. The summed E-state index contributed by atoms with van der Waals surface area (Å²) < 4.78 is 16.3. The Morgan fingerprint density at radius 2 is 1.71 bits per heavy atom. The maximum absolute atomic E-state index is 13.4. The second-order valence-electron chi connectivity index (χ2n) is 6.10.